The summed E-state index contributed by atoms with van der Waals surface area (Å²) >= 11 is 0. The lowest BCUT2D eigenvalue weighted by molar-refractivity contribution is 0.660. The van der Waals surface area contributed by atoms with Crippen LogP contribution in [0.15, 0.2) is 340 Å². The van der Waals surface area contributed by atoms with Gasteiger partial charge in [0.2, 0.25) is 0 Å². The Bertz CT molecular complexity index is 5040. The van der Waals surface area contributed by atoms with Crippen molar-refractivity contribution in [1.82, 2.24) is 0 Å². The molecule has 0 fully saturated rings. The summed E-state index contributed by atoms with van der Waals surface area (Å²) in [5.74, 6) is 0. The Kier molecular flexibility index (Phi) is 15.0. The fraction of sp³-hybridized carbons (Fsp3) is 0.0625. The molecule has 0 aliphatic heterocycles. The molecule has 0 spiro atoms. The predicted molar refractivity (Wildman–Crippen MR) is 418 cm³/mol. The normalized spacial score (nSPS) is 13.2. The monoisotopic (exact) mass is 1250 g/mol. The molecule has 0 atom stereocenters. The predicted octanol–water partition coefficient (Wildman–Crippen LogP) is 26.6. The molecule has 0 N–H and O–H groups in total. The average Bonchev–Trinajstić information content (AvgIpc) is 1.57. The zero-order chi connectivity index (χ0) is 65.9. The van der Waals surface area contributed by atoms with Crippen molar-refractivity contribution in [1.29, 1.82) is 0 Å². The van der Waals surface area contributed by atoms with Crippen molar-refractivity contribution in [3.63, 3.8) is 0 Å². The van der Waals surface area contributed by atoms with Crippen LogP contribution in [0.4, 0.5) is 34.1 Å². The third-order valence-corrected chi connectivity index (χ3v) is 20.6. The Hall–Kier alpha value is -12.1. The zero-order valence-electron chi connectivity index (χ0n) is 55.5. The Labute approximate surface area is 575 Å². The van der Waals surface area contributed by atoms with Gasteiger partial charge in [0.05, 0.1) is 0 Å². The van der Waals surface area contributed by atoms with E-state index in [1.165, 1.54) is 133 Å². The van der Waals surface area contributed by atoms with Crippen LogP contribution in [0.25, 0.3) is 113 Å². The Morgan fingerprint density at radius 2 is 0.439 bits per heavy atom. The van der Waals surface area contributed by atoms with Crippen molar-refractivity contribution in [2.24, 2.45) is 0 Å². The highest BCUT2D eigenvalue weighted by Gasteiger charge is 2.38. The second-order valence-corrected chi connectivity index (χ2v) is 27.3. The van der Waals surface area contributed by atoms with Gasteiger partial charge in [-0.2, -0.15) is 0 Å². The molecule has 0 saturated heterocycles. The van der Waals surface area contributed by atoms with Gasteiger partial charge >= 0.3 is 0 Å². The third kappa shape index (κ3) is 11.0. The summed E-state index contributed by atoms with van der Waals surface area (Å²) < 4.78 is 0. The highest BCUT2D eigenvalue weighted by atomic mass is 15.1. The molecule has 0 amide bonds. The molecule has 15 aromatic carbocycles. The summed E-state index contributed by atoms with van der Waals surface area (Å²) in [5.41, 5.74) is 31.2. The molecule has 2 aliphatic rings. The number of rotatable bonds is 14. The van der Waals surface area contributed by atoms with E-state index in [1.54, 1.807) is 0 Å². The molecule has 0 heterocycles. The van der Waals surface area contributed by atoms with Crippen LogP contribution in [0.2, 0.25) is 0 Å². The summed E-state index contributed by atoms with van der Waals surface area (Å²) in [4.78, 5) is 4.80. The van der Waals surface area contributed by atoms with Crippen LogP contribution in [-0.2, 0) is 10.8 Å². The van der Waals surface area contributed by atoms with E-state index >= 15 is 0 Å². The lowest BCUT2D eigenvalue weighted by Gasteiger charge is -2.28. The summed E-state index contributed by atoms with van der Waals surface area (Å²) in [6.45, 7) is 9.53. The zero-order valence-corrected chi connectivity index (χ0v) is 55.5. The smallest absolute Gasteiger partial charge is 0.0465 e. The molecule has 0 saturated carbocycles. The number of nitrogens with zero attached hydrogens (tertiary/aromatic N) is 2. The minimum absolute atomic E-state index is 0.219. The summed E-state index contributed by atoms with van der Waals surface area (Å²) in [6, 6.07) is 125. The van der Waals surface area contributed by atoms with Crippen molar-refractivity contribution in [2.45, 2.75) is 38.5 Å². The van der Waals surface area contributed by atoms with Crippen LogP contribution >= 0.6 is 0 Å². The maximum absolute atomic E-state index is 2.43. The van der Waals surface area contributed by atoms with E-state index in [4.69, 9.17) is 0 Å². The summed E-state index contributed by atoms with van der Waals surface area (Å²) in [7, 11) is 0. The topological polar surface area (TPSA) is 6.48 Å². The Balaban J connectivity index is 0.599. The van der Waals surface area contributed by atoms with Gasteiger partial charge < -0.3 is 9.80 Å². The van der Waals surface area contributed by atoms with E-state index in [2.05, 4.69) is 402 Å². The molecule has 2 aliphatic carbocycles. The maximum atomic E-state index is 2.43. The van der Waals surface area contributed by atoms with Gasteiger partial charge in [0, 0.05) is 45.0 Å². The molecule has 0 aromatic heterocycles. The fourth-order valence-electron chi connectivity index (χ4n) is 15.3. The minimum atomic E-state index is -0.219. The SMILES string of the molecule is CC1(C)c2cc(C=Cc3ccc4c(ccc5cc(C=Cc6ccc7c(c6)C(C)(C)c6cc(N(c8ccc(-c9ccccc9)cc8)c8ccc(-c9ccccc9)cc8)ccc6-7)ccc54)c3)ccc2-c2ccc(N(c3ccc(-c4ccccc4)cc3)c3ccc(-c4ccccc4)cc3)cc21. The van der Waals surface area contributed by atoms with Gasteiger partial charge in [-0.15, -0.1) is 0 Å². The lowest BCUT2D eigenvalue weighted by atomic mass is 9.81. The molecule has 0 bridgehead atoms. The minimum Gasteiger partial charge on any atom is -0.310 e. The molecule has 0 unspecified atom stereocenters. The largest absolute Gasteiger partial charge is 0.310 e. The van der Waals surface area contributed by atoms with Crippen LogP contribution in [0.5, 0.6) is 0 Å². The molecule has 2 nitrogen and oxygen atoms in total. The second kappa shape index (κ2) is 24.6. The van der Waals surface area contributed by atoms with Gasteiger partial charge in [-0.25, -0.2) is 0 Å². The van der Waals surface area contributed by atoms with Crippen LogP contribution in [-0.4, -0.2) is 0 Å². The van der Waals surface area contributed by atoms with Crippen LogP contribution in [0, 0.1) is 0 Å². The molecule has 17 rings (SSSR count). The Morgan fingerprint density at radius 3 is 0.735 bits per heavy atom. The van der Waals surface area contributed by atoms with E-state index in [0.29, 0.717) is 0 Å². The first-order chi connectivity index (χ1) is 48.0. The number of anilines is 6. The van der Waals surface area contributed by atoms with Crippen LogP contribution in [0.3, 0.4) is 0 Å². The quantitative estimate of drug-likeness (QED) is 0.0791. The van der Waals surface area contributed by atoms with Crippen molar-refractivity contribution < 1.29 is 0 Å². The highest BCUT2D eigenvalue weighted by molar-refractivity contribution is 6.09. The molecular formula is C96H72N2. The second-order valence-electron chi connectivity index (χ2n) is 27.3. The fourth-order valence-corrected chi connectivity index (χ4v) is 15.3. The third-order valence-electron chi connectivity index (χ3n) is 20.6. The van der Waals surface area contributed by atoms with Gasteiger partial charge in [0.1, 0.15) is 0 Å². The van der Waals surface area contributed by atoms with E-state index in [1.807, 2.05) is 0 Å². The van der Waals surface area contributed by atoms with Crippen molar-refractivity contribution in [2.75, 3.05) is 9.80 Å². The first-order valence-electron chi connectivity index (χ1n) is 34.2. The Morgan fingerprint density at radius 1 is 0.204 bits per heavy atom. The molecular weight excluding hydrogens is 1180 g/mol. The van der Waals surface area contributed by atoms with Crippen molar-refractivity contribution >= 4 is 80.0 Å². The van der Waals surface area contributed by atoms with Gasteiger partial charge in [0.25, 0.3) is 0 Å². The average molecular weight is 1250 g/mol. The first kappa shape index (κ1) is 59.6. The lowest BCUT2D eigenvalue weighted by Crippen LogP contribution is -2.16. The number of fused-ring (bicyclic) bond motifs is 9. The summed E-state index contributed by atoms with van der Waals surface area (Å²) in [5, 5.41) is 4.97. The molecule has 2 heteroatoms. The van der Waals surface area contributed by atoms with Gasteiger partial charge in [-0.1, -0.05) is 307 Å². The molecule has 98 heavy (non-hydrogen) atoms. The van der Waals surface area contributed by atoms with E-state index < -0.39 is 0 Å². The number of hydrogen-bond donors (Lipinski definition) is 0. The van der Waals surface area contributed by atoms with E-state index in [9.17, 15) is 0 Å². The van der Waals surface area contributed by atoms with Crippen LogP contribution < -0.4 is 9.80 Å². The molecule has 0 radical (unpaired) electrons. The van der Waals surface area contributed by atoms with E-state index in [0.717, 1.165) is 34.1 Å². The highest BCUT2D eigenvalue weighted by Crippen LogP contribution is 2.53. The summed E-state index contributed by atoms with van der Waals surface area (Å²) in [6.07, 6.45) is 9.08. The number of hydrogen-bond acceptors (Lipinski definition) is 2. The van der Waals surface area contributed by atoms with Crippen LogP contribution in [0.1, 0.15) is 72.2 Å². The first-order valence-corrected chi connectivity index (χ1v) is 34.2. The molecule has 466 valence electrons. The van der Waals surface area contributed by atoms with Crippen molar-refractivity contribution in [3.05, 3.63) is 384 Å². The molecule has 15 aromatic rings. The van der Waals surface area contributed by atoms with Gasteiger partial charge in [-0.05, 0) is 218 Å². The van der Waals surface area contributed by atoms with Gasteiger partial charge in [-0.3, -0.25) is 0 Å². The standard InChI is InChI=1S/C96H72N2/c1-95(2)91-61-67(31-55-87(91)89-57-51-83(63-93(89)95)97(79-43-35-73(36-44-79)69-17-9-5-10-18-69)80-45-37-74(38-46-80)70-19-11-6-12-20-70)27-25-65-29-53-85-77(59-65)33-34-78-60-66(30-54-86(78)85)26-28-68-32-56-88-90-58-52-84(64-94(90)96(3,4)92(88)62-68)98(81-47-39-75(40-48-81)71-21-13-7-14-22-71)82-49-41-76(42-50-82)72-23-15-8-16-24-72/h5-64H,1-4H3. The van der Waals surface area contributed by atoms with Gasteiger partial charge in [0.15, 0.2) is 0 Å². The maximum Gasteiger partial charge on any atom is 0.0465 e. The van der Waals surface area contributed by atoms with E-state index in [-0.39, 0.29) is 10.8 Å². The number of benzene rings is 15. The van der Waals surface area contributed by atoms with Crippen molar-refractivity contribution in [3.8, 4) is 66.8 Å².